The number of ether oxygens (including phenoxy) is 2. The minimum absolute atomic E-state index is 0.0289. The van der Waals surface area contributed by atoms with Gasteiger partial charge in [-0.2, -0.15) is 0 Å². The number of hydrogen-bond donors (Lipinski definition) is 1. The molecule has 1 fully saturated rings. The molecule has 7 nitrogen and oxygen atoms in total. The molecule has 0 saturated carbocycles. The van der Waals surface area contributed by atoms with Crippen molar-refractivity contribution in [3.63, 3.8) is 0 Å². The van der Waals surface area contributed by atoms with E-state index in [0.717, 1.165) is 44.0 Å². The zero-order valence-corrected chi connectivity index (χ0v) is 21.5. The Bertz CT molecular complexity index is 1270. The van der Waals surface area contributed by atoms with Gasteiger partial charge in [0.1, 0.15) is 17.2 Å². The number of hydrogen-bond acceptors (Lipinski definition) is 5. The number of carbonyl (C=O) groups excluding carboxylic acids is 2. The average Bonchev–Trinajstić information content (AvgIpc) is 3.38. The number of nitrogens with zero attached hydrogens (tertiary/aromatic N) is 2. The summed E-state index contributed by atoms with van der Waals surface area (Å²) in [6, 6.07) is 11.8. The molecule has 0 aliphatic carbocycles. The molecule has 5 rings (SSSR count). The molecule has 2 aromatic rings. The first-order valence-electron chi connectivity index (χ1n) is 12.7. The number of rotatable bonds is 6. The molecule has 0 radical (unpaired) electrons. The average molecular weight is 506 g/mol. The lowest BCUT2D eigenvalue weighted by molar-refractivity contribution is -0.111. The topological polar surface area (TPSA) is 71.1 Å². The van der Waals surface area contributed by atoms with Crippen LogP contribution in [0.1, 0.15) is 42.3 Å². The Kier molecular flexibility index (Phi) is 6.88. The number of anilines is 1. The number of allylic oxidation sites excluding steroid dienone is 1. The van der Waals surface area contributed by atoms with Gasteiger partial charge in [0.25, 0.3) is 11.8 Å². The molecule has 0 bridgehead atoms. The number of piperazine rings is 1. The Hall–Kier alpha value is -3.49. The van der Waals surface area contributed by atoms with Gasteiger partial charge in [-0.25, -0.2) is 4.39 Å². The molecule has 3 aliphatic rings. The largest absolute Gasteiger partial charge is 0.482 e. The third kappa shape index (κ3) is 5.04. The van der Waals surface area contributed by atoms with Crippen LogP contribution in [0.4, 0.5) is 10.1 Å². The van der Waals surface area contributed by atoms with Gasteiger partial charge < -0.3 is 19.7 Å². The highest BCUT2D eigenvalue weighted by molar-refractivity contribution is 6.32. The second kappa shape index (κ2) is 10.1. The Labute approximate surface area is 216 Å². The maximum absolute atomic E-state index is 13.6. The SMILES string of the molecule is CCOCCN1CCN(C(=O)c2ccc(C3=C/C(=C4\C(=O)Nc5cc(F)ccc54)OC3(C)C)cc2)CC1. The minimum atomic E-state index is -0.686. The highest BCUT2D eigenvalue weighted by Gasteiger charge is 2.38. The standard InChI is InChI=1S/C29H32FN3O4/c1-4-36-16-15-32-11-13-33(14-12-32)28(35)20-7-5-19(6-8-20)23-18-25(37-29(23,2)3)26-22-10-9-21(30)17-24(22)31-27(26)34/h5-10,17-18H,4,11-16H2,1-3H3,(H,31,34)/b26-25+. The molecule has 1 saturated heterocycles. The van der Waals surface area contributed by atoms with Crippen molar-refractivity contribution >= 4 is 28.6 Å². The zero-order valence-electron chi connectivity index (χ0n) is 21.5. The molecule has 2 aromatic carbocycles. The van der Waals surface area contributed by atoms with Gasteiger partial charge in [0.05, 0.1) is 17.9 Å². The Morgan fingerprint density at radius 3 is 2.54 bits per heavy atom. The Balaban J connectivity index is 1.32. The van der Waals surface area contributed by atoms with E-state index in [1.165, 1.54) is 12.1 Å². The molecule has 0 spiro atoms. The summed E-state index contributed by atoms with van der Waals surface area (Å²) in [5.41, 5.74) is 3.23. The smallest absolute Gasteiger partial charge is 0.260 e. The number of nitrogens with one attached hydrogen (secondary N) is 1. The van der Waals surface area contributed by atoms with E-state index in [1.807, 2.05) is 56.0 Å². The van der Waals surface area contributed by atoms with Crippen LogP contribution in [-0.4, -0.2) is 73.2 Å². The fourth-order valence-corrected chi connectivity index (χ4v) is 5.10. The summed E-state index contributed by atoms with van der Waals surface area (Å²) in [4.78, 5) is 30.0. The first kappa shape index (κ1) is 25.2. The van der Waals surface area contributed by atoms with Crippen molar-refractivity contribution in [2.45, 2.75) is 26.4 Å². The van der Waals surface area contributed by atoms with Crippen LogP contribution < -0.4 is 5.32 Å². The third-order valence-electron chi connectivity index (χ3n) is 7.12. The molecule has 3 aliphatic heterocycles. The maximum atomic E-state index is 13.6. The molecule has 8 heteroatoms. The van der Waals surface area contributed by atoms with Gasteiger partial charge in [-0.1, -0.05) is 12.1 Å². The highest BCUT2D eigenvalue weighted by atomic mass is 19.1. The second-order valence-corrected chi connectivity index (χ2v) is 9.96. The van der Waals surface area contributed by atoms with Crippen molar-refractivity contribution < 1.29 is 23.5 Å². The molecule has 3 heterocycles. The molecule has 37 heavy (non-hydrogen) atoms. The fourth-order valence-electron chi connectivity index (χ4n) is 5.10. The lowest BCUT2D eigenvalue weighted by atomic mass is 9.91. The van der Waals surface area contributed by atoms with E-state index in [2.05, 4.69) is 10.2 Å². The summed E-state index contributed by atoms with van der Waals surface area (Å²) >= 11 is 0. The lowest BCUT2D eigenvalue weighted by Crippen LogP contribution is -2.49. The van der Waals surface area contributed by atoms with Crippen molar-refractivity contribution in [2.75, 3.05) is 51.3 Å². The number of benzene rings is 2. The van der Waals surface area contributed by atoms with Gasteiger partial charge >= 0.3 is 0 Å². The highest BCUT2D eigenvalue weighted by Crippen LogP contribution is 2.44. The maximum Gasteiger partial charge on any atom is 0.260 e. The second-order valence-electron chi connectivity index (χ2n) is 9.96. The zero-order chi connectivity index (χ0) is 26.2. The van der Waals surface area contributed by atoms with E-state index in [1.54, 1.807) is 6.07 Å². The van der Waals surface area contributed by atoms with Gasteiger partial charge in [0.15, 0.2) is 0 Å². The van der Waals surface area contributed by atoms with Crippen LogP contribution >= 0.6 is 0 Å². The summed E-state index contributed by atoms with van der Waals surface area (Å²) in [5, 5.41) is 2.72. The van der Waals surface area contributed by atoms with E-state index < -0.39 is 11.4 Å². The van der Waals surface area contributed by atoms with Crippen LogP contribution in [-0.2, 0) is 14.3 Å². The van der Waals surface area contributed by atoms with Crippen molar-refractivity contribution in [3.05, 3.63) is 76.8 Å². The van der Waals surface area contributed by atoms with Crippen LogP contribution in [0.25, 0.3) is 11.1 Å². The van der Waals surface area contributed by atoms with Crippen LogP contribution in [0.3, 0.4) is 0 Å². The number of carbonyl (C=O) groups is 2. The van der Waals surface area contributed by atoms with Gasteiger partial charge in [0.2, 0.25) is 0 Å². The number of amides is 2. The predicted molar refractivity (Wildman–Crippen MR) is 140 cm³/mol. The molecule has 0 unspecified atom stereocenters. The summed E-state index contributed by atoms with van der Waals surface area (Å²) in [6.07, 6.45) is 1.87. The van der Waals surface area contributed by atoms with E-state index in [-0.39, 0.29) is 11.8 Å². The number of fused-ring (bicyclic) bond motifs is 1. The Morgan fingerprint density at radius 2 is 1.84 bits per heavy atom. The van der Waals surface area contributed by atoms with E-state index >= 15 is 0 Å². The molecule has 1 N–H and O–H groups in total. The quantitative estimate of drug-likeness (QED) is 0.471. The van der Waals surface area contributed by atoms with E-state index in [0.29, 0.717) is 41.2 Å². The van der Waals surface area contributed by atoms with Gasteiger partial charge in [-0.05, 0) is 62.7 Å². The molecular formula is C29H32FN3O4. The molecule has 0 atom stereocenters. The van der Waals surface area contributed by atoms with Crippen LogP contribution in [0.5, 0.6) is 0 Å². The third-order valence-corrected chi connectivity index (χ3v) is 7.12. The van der Waals surface area contributed by atoms with Crippen molar-refractivity contribution in [2.24, 2.45) is 0 Å². The Morgan fingerprint density at radius 1 is 1.11 bits per heavy atom. The normalized spacial score (nSPS) is 20.9. The first-order chi connectivity index (χ1) is 17.8. The van der Waals surface area contributed by atoms with Crippen LogP contribution in [0.2, 0.25) is 0 Å². The van der Waals surface area contributed by atoms with Crippen LogP contribution in [0, 0.1) is 5.82 Å². The summed E-state index contributed by atoms with van der Waals surface area (Å²) in [5.74, 6) is -0.249. The predicted octanol–water partition coefficient (Wildman–Crippen LogP) is 4.18. The van der Waals surface area contributed by atoms with Gasteiger partial charge in [-0.3, -0.25) is 14.5 Å². The van der Waals surface area contributed by atoms with Crippen molar-refractivity contribution in [1.29, 1.82) is 0 Å². The summed E-state index contributed by atoms with van der Waals surface area (Å²) in [6.45, 7) is 11.3. The summed E-state index contributed by atoms with van der Waals surface area (Å²) < 4.78 is 25.3. The molecule has 2 amide bonds. The lowest BCUT2D eigenvalue weighted by Gasteiger charge is -2.34. The van der Waals surface area contributed by atoms with Gasteiger partial charge in [-0.15, -0.1) is 0 Å². The fraction of sp³-hybridized carbons (Fsp3) is 0.379. The summed E-state index contributed by atoms with van der Waals surface area (Å²) in [7, 11) is 0. The minimum Gasteiger partial charge on any atom is -0.482 e. The molecule has 194 valence electrons. The van der Waals surface area contributed by atoms with Crippen molar-refractivity contribution in [3.8, 4) is 0 Å². The van der Waals surface area contributed by atoms with Crippen LogP contribution in [0.15, 0.2) is 54.3 Å². The molecular weight excluding hydrogens is 473 g/mol. The monoisotopic (exact) mass is 505 g/mol. The van der Waals surface area contributed by atoms with E-state index in [4.69, 9.17) is 9.47 Å². The van der Waals surface area contributed by atoms with Crippen molar-refractivity contribution in [1.82, 2.24) is 9.80 Å². The van der Waals surface area contributed by atoms with E-state index in [9.17, 15) is 14.0 Å². The molecule has 0 aromatic heterocycles. The van der Waals surface area contributed by atoms with Gasteiger partial charge in [0, 0.05) is 56.0 Å². The number of halogens is 1. The first-order valence-corrected chi connectivity index (χ1v) is 12.7.